The quantitative estimate of drug-likeness (QED) is 0.0610. The summed E-state index contributed by atoms with van der Waals surface area (Å²) in [6.45, 7) is 3.02. The normalized spacial score (nSPS) is 18.8. The number of nitrogen functional groups attached to an aromatic ring is 1. The fraction of sp³-hybridized carbons (Fsp3) is 0.316. The number of thioether (sulfide) groups is 2. The van der Waals surface area contributed by atoms with E-state index in [4.69, 9.17) is 27.3 Å². The number of nitrogens with two attached hydrogens (primary N) is 1. The van der Waals surface area contributed by atoms with Crippen molar-refractivity contribution in [1.29, 1.82) is 0 Å². The smallest absolute Gasteiger partial charge is 0.352 e. The van der Waals surface area contributed by atoms with Crippen molar-refractivity contribution in [3.8, 4) is 0 Å². The van der Waals surface area contributed by atoms with Crippen LogP contribution in [0.5, 0.6) is 0 Å². The molecule has 2 atom stereocenters. The van der Waals surface area contributed by atoms with E-state index >= 15 is 0 Å². The summed E-state index contributed by atoms with van der Waals surface area (Å²) in [6, 6.07) is -1.06. The lowest BCUT2D eigenvalue weighted by molar-refractivity contribution is -0.150. The number of tetrazole rings is 1. The zero-order valence-corrected chi connectivity index (χ0v) is 22.7. The summed E-state index contributed by atoms with van der Waals surface area (Å²) < 4.78 is 1.15. The van der Waals surface area contributed by atoms with Crippen LogP contribution in [0.1, 0.15) is 5.69 Å². The van der Waals surface area contributed by atoms with Gasteiger partial charge in [0.1, 0.15) is 40.3 Å². The van der Waals surface area contributed by atoms with E-state index in [0.29, 0.717) is 5.57 Å². The van der Waals surface area contributed by atoms with Crippen molar-refractivity contribution < 1.29 is 34.2 Å². The molecule has 0 saturated carbocycles. The predicted octanol–water partition coefficient (Wildman–Crippen LogP) is -0.113. The van der Waals surface area contributed by atoms with E-state index in [1.807, 2.05) is 0 Å². The first kappa shape index (κ1) is 28.3. The van der Waals surface area contributed by atoms with Crippen LogP contribution in [0.25, 0.3) is 0 Å². The minimum atomic E-state index is -1.33. The van der Waals surface area contributed by atoms with Gasteiger partial charge in [-0.2, -0.15) is 0 Å². The molecule has 0 aliphatic carbocycles. The number of fused-ring (bicyclic) bond motifs is 1. The molecular weight excluding hydrogens is 598 g/mol. The first-order valence-corrected chi connectivity index (χ1v) is 13.9. The average molecular weight is 616 g/mol. The molecule has 0 bridgehead atoms. The molecule has 1 saturated heterocycles. The third kappa shape index (κ3) is 6.00. The van der Waals surface area contributed by atoms with Gasteiger partial charge in [-0.3, -0.25) is 19.3 Å². The summed E-state index contributed by atoms with van der Waals surface area (Å²) in [6.07, 6.45) is 1.41. The summed E-state index contributed by atoms with van der Waals surface area (Å²) in [5.41, 5.74) is 5.51. The molecule has 4 heterocycles. The van der Waals surface area contributed by atoms with E-state index in [1.54, 1.807) is 0 Å². The number of aromatic nitrogens is 5. The third-order valence-electron chi connectivity index (χ3n) is 5.09. The Hall–Kier alpha value is -3.68. The number of anilines is 1. The van der Waals surface area contributed by atoms with Crippen LogP contribution >= 0.6 is 46.5 Å². The Morgan fingerprint density at radius 3 is 2.79 bits per heavy atom. The molecule has 0 radical (unpaired) electrons. The second kappa shape index (κ2) is 12.0. The van der Waals surface area contributed by atoms with Gasteiger partial charge in [-0.1, -0.05) is 52.5 Å². The number of oxime groups is 1. The number of carbonyl (C=O) groups is 4. The third-order valence-corrected chi connectivity index (χ3v) is 8.55. The van der Waals surface area contributed by atoms with Gasteiger partial charge in [-0.05, 0) is 16.0 Å². The van der Waals surface area contributed by atoms with Crippen LogP contribution in [-0.2, 0) is 30.6 Å². The first-order valence-electron chi connectivity index (χ1n) is 10.7. The van der Waals surface area contributed by atoms with Crippen LogP contribution in [0.4, 0.5) is 5.13 Å². The lowest BCUT2D eigenvalue weighted by atomic mass is 10.0. The number of nitrogens with zero attached hydrogens (tertiary/aromatic N) is 7. The van der Waals surface area contributed by atoms with Gasteiger partial charge in [0.2, 0.25) is 5.16 Å². The van der Waals surface area contributed by atoms with Crippen molar-refractivity contribution in [3.05, 3.63) is 34.0 Å². The maximum absolute atomic E-state index is 13.1. The SMILES string of the molecule is C=CCON=C(C(=O)NC1C(=O)N2C(C(=O)O)=C(CSc3nnnn3CC(=O)O)CS[C@H]12)c1nc(N)sc1Cl. The molecule has 20 heteroatoms. The topological polar surface area (TPSA) is 228 Å². The molecule has 39 heavy (non-hydrogen) atoms. The second-order valence-electron chi connectivity index (χ2n) is 7.62. The van der Waals surface area contributed by atoms with E-state index in [1.165, 1.54) is 17.8 Å². The lowest BCUT2D eigenvalue weighted by Gasteiger charge is -2.49. The van der Waals surface area contributed by atoms with E-state index in [-0.39, 0.29) is 49.8 Å². The number of carbonyl (C=O) groups excluding carboxylic acids is 2. The maximum atomic E-state index is 13.1. The number of aliphatic carboxylic acids is 2. The number of nitrogens with one attached hydrogen (secondary N) is 1. The van der Waals surface area contributed by atoms with E-state index in [0.717, 1.165) is 32.7 Å². The average Bonchev–Trinajstić information content (AvgIpc) is 3.46. The Labute approximate surface area is 236 Å². The summed E-state index contributed by atoms with van der Waals surface area (Å²) in [5.74, 6) is -3.64. The lowest BCUT2D eigenvalue weighted by Crippen LogP contribution is -2.71. The van der Waals surface area contributed by atoms with E-state index < -0.39 is 41.7 Å². The summed E-state index contributed by atoms with van der Waals surface area (Å²) in [7, 11) is 0. The minimum absolute atomic E-state index is 0.0150. The molecule has 2 aromatic heterocycles. The number of β-lactam (4-membered cyclic amide) rings is 1. The van der Waals surface area contributed by atoms with Gasteiger partial charge < -0.3 is 26.1 Å². The van der Waals surface area contributed by atoms with Crippen LogP contribution in [0, 0.1) is 0 Å². The summed E-state index contributed by atoms with van der Waals surface area (Å²) >= 11 is 9.34. The van der Waals surface area contributed by atoms with E-state index in [2.05, 4.69) is 37.6 Å². The van der Waals surface area contributed by atoms with Crippen molar-refractivity contribution in [2.45, 2.75) is 23.1 Å². The molecule has 2 aromatic rings. The Morgan fingerprint density at radius 1 is 1.38 bits per heavy atom. The molecular formula is C19H18ClN9O7S3. The molecule has 5 N–H and O–H groups in total. The van der Waals surface area contributed by atoms with Crippen molar-refractivity contribution in [2.75, 3.05) is 23.8 Å². The van der Waals surface area contributed by atoms with Gasteiger partial charge in [-0.15, -0.1) is 16.9 Å². The van der Waals surface area contributed by atoms with Crippen molar-refractivity contribution in [1.82, 2.24) is 35.4 Å². The number of rotatable bonds is 12. The zero-order valence-electron chi connectivity index (χ0n) is 19.5. The first-order chi connectivity index (χ1) is 18.6. The Kier molecular flexibility index (Phi) is 8.73. The van der Waals surface area contributed by atoms with Gasteiger partial charge in [0.15, 0.2) is 10.8 Å². The van der Waals surface area contributed by atoms with E-state index in [9.17, 15) is 24.3 Å². The molecule has 0 aromatic carbocycles. The zero-order chi connectivity index (χ0) is 28.3. The van der Waals surface area contributed by atoms with Gasteiger partial charge in [0, 0.05) is 11.5 Å². The van der Waals surface area contributed by atoms with Crippen LogP contribution < -0.4 is 11.1 Å². The summed E-state index contributed by atoms with van der Waals surface area (Å²) in [5, 5.41) is 35.5. The maximum Gasteiger partial charge on any atom is 0.352 e. The van der Waals surface area contributed by atoms with Gasteiger partial charge in [0.05, 0.1) is 0 Å². The number of halogens is 1. The molecule has 2 aliphatic heterocycles. The highest BCUT2D eigenvalue weighted by Gasteiger charge is 2.54. The fourth-order valence-corrected chi connectivity index (χ4v) is 6.78. The minimum Gasteiger partial charge on any atom is -0.480 e. The second-order valence-corrected chi connectivity index (χ2v) is 11.3. The molecule has 1 fully saturated rings. The van der Waals surface area contributed by atoms with Gasteiger partial charge in [0.25, 0.3) is 11.8 Å². The molecule has 0 spiro atoms. The predicted molar refractivity (Wildman–Crippen MR) is 140 cm³/mol. The van der Waals surface area contributed by atoms with Crippen LogP contribution in [0.2, 0.25) is 4.34 Å². The van der Waals surface area contributed by atoms with Crippen LogP contribution in [0.15, 0.2) is 34.2 Å². The Balaban J connectivity index is 1.50. The van der Waals surface area contributed by atoms with Gasteiger partial charge in [-0.25, -0.2) is 14.5 Å². The van der Waals surface area contributed by atoms with Crippen LogP contribution in [0.3, 0.4) is 0 Å². The Morgan fingerprint density at radius 2 is 2.15 bits per heavy atom. The number of hydrogen-bond donors (Lipinski definition) is 4. The molecule has 4 rings (SSSR count). The standard InChI is InChI=1S/C19H18ClN9O7S3/c1-2-3-36-25-10(9-13(20)39-18(21)23-9)14(32)22-11-15(33)29-12(17(34)35)7(5-37-16(11)29)6-38-19-24-26-27-28(19)4-8(30)31/h2,11,16H,1,3-6H2,(H2,21,23)(H,22,32)(H,30,31)(H,34,35)/t11?,16-/m1/s1. The molecule has 2 amide bonds. The van der Waals surface area contributed by atoms with Gasteiger partial charge >= 0.3 is 11.9 Å². The highest BCUT2D eigenvalue weighted by Crippen LogP contribution is 2.41. The van der Waals surface area contributed by atoms with Crippen molar-refractivity contribution in [3.63, 3.8) is 0 Å². The molecule has 16 nitrogen and oxygen atoms in total. The number of amides is 2. The number of hydrogen-bond acceptors (Lipinski definition) is 14. The van der Waals surface area contributed by atoms with Crippen molar-refractivity contribution >= 4 is 81.1 Å². The van der Waals surface area contributed by atoms with Crippen molar-refractivity contribution in [2.24, 2.45) is 5.16 Å². The number of carboxylic acids is 2. The fourth-order valence-electron chi connectivity index (χ4n) is 3.49. The van der Waals surface area contributed by atoms with Crippen LogP contribution in [-0.4, -0.2) is 99.3 Å². The number of carboxylic acid groups (broad SMARTS) is 2. The molecule has 2 aliphatic rings. The highest BCUT2D eigenvalue weighted by atomic mass is 35.5. The summed E-state index contributed by atoms with van der Waals surface area (Å²) in [4.78, 5) is 59.4. The monoisotopic (exact) mass is 615 g/mol. The molecule has 1 unspecified atom stereocenters. The number of thiazole rings is 1. The largest absolute Gasteiger partial charge is 0.480 e. The Bertz CT molecular complexity index is 1410. The molecule has 206 valence electrons. The highest BCUT2D eigenvalue weighted by molar-refractivity contribution is 8.01.